The number of hydrogen-bond acceptors (Lipinski definition) is 8. The summed E-state index contributed by atoms with van der Waals surface area (Å²) in [6.07, 6.45) is -8.52. The molecule has 0 unspecified atom stereocenters. The molecular weight excluding hydrogens is 646 g/mol. The Labute approximate surface area is 269 Å². The van der Waals surface area contributed by atoms with Gasteiger partial charge in [-0.1, -0.05) is 6.92 Å². The largest absolute Gasteiger partial charge is 0.481 e. The summed E-state index contributed by atoms with van der Waals surface area (Å²) in [5.41, 5.74) is 2.20. The van der Waals surface area contributed by atoms with Crippen LogP contribution in [0, 0.1) is 0 Å². The van der Waals surface area contributed by atoms with Crippen molar-refractivity contribution in [2.75, 3.05) is 18.6 Å². The van der Waals surface area contributed by atoms with Gasteiger partial charge in [0.1, 0.15) is 11.5 Å². The van der Waals surface area contributed by atoms with Crippen LogP contribution in [0.15, 0.2) is 59.7 Å². The molecule has 1 aliphatic heterocycles. The summed E-state index contributed by atoms with van der Waals surface area (Å²) in [5, 5.41) is 0. The summed E-state index contributed by atoms with van der Waals surface area (Å²) in [4.78, 5) is 43.5. The molecule has 0 saturated carbocycles. The van der Waals surface area contributed by atoms with Crippen LogP contribution in [0.1, 0.15) is 66.5 Å². The number of anilines is 1. The number of halogens is 6. The van der Waals surface area contributed by atoms with Gasteiger partial charge in [0.2, 0.25) is 5.88 Å². The Kier molecular flexibility index (Phi) is 9.23. The molecule has 1 aromatic carbocycles. The van der Waals surface area contributed by atoms with Crippen molar-refractivity contribution in [3.63, 3.8) is 0 Å². The Morgan fingerprint density at radius 1 is 1.04 bits per heavy atom. The minimum Gasteiger partial charge on any atom is -0.481 e. The van der Waals surface area contributed by atoms with E-state index in [1.54, 1.807) is 19.9 Å². The first-order valence-electron chi connectivity index (χ1n) is 14.7. The number of nitrogens with two attached hydrogens (primary N) is 1. The van der Waals surface area contributed by atoms with Gasteiger partial charge in [0.05, 0.1) is 53.4 Å². The number of nitrogens with zero attached hydrogens (tertiary/aromatic N) is 4. The van der Waals surface area contributed by atoms with Crippen molar-refractivity contribution < 1.29 is 40.6 Å². The van der Waals surface area contributed by atoms with Crippen molar-refractivity contribution in [2.45, 2.75) is 57.0 Å². The summed E-state index contributed by atoms with van der Waals surface area (Å²) in [6, 6.07) is 7.28. The van der Waals surface area contributed by atoms with Crippen molar-refractivity contribution >= 4 is 11.8 Å². The first-order chi connectivity index (χ1) is 22.6. The topological polar surface area (TPSA) is 136 Å². The van der Waals surface area contributed by atoms with Crippen LogP contribution < -0.4 is 20.9 Å². The zero-order valence-electron chi connectivity index (χ0n) is 25.9. The number of ether oxygens (including phenoxy) is 2. The van der Waals surface area contributed by atoms with Crippen LogP contribution in [-0.2, 0) is 23.5 Å². The van der Waals surface area contributed by atoms with Gasteiger partial charge < -0.3 is 20.2 Å². The van der Waals surface area contributed by atoms with Gasteiger partial charge in [0, 0.05) is 30.4 Å². The number of methoxy groups -OCH3 is 1. The zero-order chi connectivity index (χ0) is 35.0. The molecule has 1 amide bonds. The van der Waals surface area contributed by atoms with Crippen molar-refractivity contribution in [1.29, 1.82) is 0 Å². The number of fused-ring (bicyclic) bond motifs is 1. The molecule has 0 saturated heterocycles. The maximum absolute atomic E-state index is 13.7. The van der Waals surface area contributed by atoms with E-state index in [0.717, 1.165) is 0 Å². The number of aromatic amines is 1. The molecule has 10 nitrogen and oxygen atoms in total. The van der Waals surface area contributed by atoms with Gasteiger partial charge in [0.15, 0.2) is 0 Å². The number of carbonyl (C=O) groups excluding carboxylic acids is 1. The fourth-order valence-corrected chi connectivity index (χ4v) is 5.68. The molecule has 4 aromatic rings. The lowest BCUT2D eigenvalue weighted by atomic mass is 9.83. The van der Waals surface area contributed by atoms with Gasteiger partial charge in [-0.2, -0.15) is 26.3 Å². The third kappa shape index (κ3) is 6.70. The SMILES string of the molecule is CCOC(=O)N1c2ccc(OC)nc2[C@@H](c2ncc(-c3ccc[nH]c3=O)c(Cc3cc(C(F)(F)F)cc(C(F)(F)F)c3)n2)C[C@@]1(N)CC. The minimum absolute atomic E-state index is 0.00195. The van der Waals surface area contributed by atoms with Crippen LogP contribution in [0.2, 0.25) is 0 Å². The zero-order valence-corrected chi connectivity index (χ0v) is 25.9. The van der Waals surface area contributed by atoms with E-state index in [2.05, 4.69) is 19.9 Å². The van der Waals surface area contributed by atoms with E-state index in [1.807, 2.05) is 0 Å². The first-order valence-corrected chi connectivity index (χ1v) is 14.7. The molecule has 0 radical (unpaired) electrons. The highest BCUT2D eigenvalue weighted by atomic mass is 19.4. The van der Waals surface area contributed by atoms with E-state index in [1.165, 1.54) is 42.6 Å². The van der Waals surface area contributed by atoms with Crippen LogP contribution in [-0.4, -0.2) is 45.4 Å². The van der Waals surface area contributed by atoms with Gasteiger partial charge >= 0.3 is 18.4 Å². The molecule has 0 spiro atoms. The Hall–Kier alpha value is -4.99. The number of rotatable bonds is 7. The Morgan fingerprint density at radius 3 is 2.31 bits per heavy atom. The maximum atomic E-state index is 13.7. The molecule has 5 rings (SSSR count). The summed E-state index contributed by atoms with van der Waals surface area (Å²) in [5.74, 6) is -0.599. The van der Waals surface area contributed by atoms with E-state index in [-0.39, 0.29) is 71.0 Å². The normalized spacial score (nSPS) is 18.0. The van der Waals surface area contributed by atoms with Crippen molar-refractivity contribution in [2.24, 2.45) is 5.73 Å². The highest BCUT2D eigenvalue weighted by molar-refractivity contribution is 5.91. The lowest BCUT2D eigenvalue weighted by Gasteiger charge is -2.46. The second-order valence-corrected chi connectivity index (χ2v) is 11.1. The van der Waals surface area contributed by atoms with Crippen molar-refractivity contribution in [3.8, 4) is 17.0 Å². The van der Waals surface area contributed by atoms with Gasteiger partial charge in [-0.25, -0.2) is 19.7 Å². The minimum atomic E-state index is -5.07. The molecule has 0 bridgehead atoms. The maximum Gasteiger partial charge on any atom is 0.416 e. The highest BCUT2D eigenvalue weighted by Gasteiger charge is 2.47. The number of aromatic nitrogens is 4. The number of carbonyl (C=O) groups is 1. The molecule has 0 aliphatic carbocycles. The molecule has 254 valence electrons. The molecule has 0 fully saturated rings. The number of pyridine rings is 2. The average Bonchev–Trinajstić information content (AvgIpc) is 3.03. The Balaban J connectivity index is 1.72. The van der Waals surface area contributed by atoms with Crippen LogP contribution in [0.5, 0.6) is 5.88 Å². The number of H-pyrrole nitrogens is 1. The molecule has 48 heavy (non-hydrogen) atoms. The van der Waals surface area contributed by atoms with Crippen molar-refractivity contribution in [1.82, 2.24) is 19.9 Å². The monoisotopic (exact) mass is 676 g/mol. The number of amides is 1. The third-order valence-corrected chi connectivity index (χ3v) is 8.05. The van der Waals surface area contributed by atoms with Crippen molar-refractivity contribution in [3.05, 3.63) is 99.1 Å². The fourth-order valence-electron chi connectivity index (χ4n) is 5.68. The molecule has 1 aliphatic rings. The average molecular weight is 677 g/mol. The Morgan fingerprint density at radius 2 is 1.73 bits per heavy atom. The predicted molar refractivity (Wildman–Crippen MR) is 161 cm³/mol. The quantitative estimate of drug-likeness (QED) is 0.214. The predicted octanol–water partition coefficient (Wildman–Crippen LogP) is 6.43. The van der Waals surface area contributed by atoms with Gasteiger partial charge in [-0.15, -0.1) is 0 Å². The van der Waals surface area contributed by atoms with E-state index < -0.39 is 53.1 Å². The lowest BCUT2D eigenvalue weighted by Crippen LogP contribution is -2.61. The Bertz CT molecular complexity index is 1860. The molecule has 4 heterocycles. The number of nitrogens with one attached hydrogen (secondary N) is 1. The van der Waals surface area contributed by atoms with E-state index >= 15 is 0 Å². The van der Waals surface area contributed by atoms with E-state index in [0.29, 0.717) is 12.1 Å². The molecule has 3 aromatic heterocycles. The molecular formula is C32H30F6N6O4. The van der Waals surface area contributed by atoms with Gasteiger partial charge in [-0.3, -0.25) is 9.69 Å². The number of benzene rings is 1. The molecule has 2 atom stereocenters. The van der Waals surface area contributed by atoms with E-state index in [9.17, 15) is 35.9 Å². The smallest absolute Gasteiger partial charge is 0.416 e. The standard InChI is InChI=1S/C32H30F6N6O4/c1-4-30(39)15-21(26-24(8-9-25(43-26)47-3)44(30)29(46)48-5-2)27-41-16-22(20-7-6-10-40-28(20)45)23(42-27)13-17-11-18(31(33,34)35)14-19(12-17)32(36,37)38/h6-12,14,16,21H,4-5,13,15,39H2,1-3H3,(H,40,45)/t21-,30+/m0/s1. The number of alkyl halides is 6. The first kappa shape index (κ1) is 34.3. The summed E-state index contributed by atoms with van der Waals surface area (Å²) < 4.78 is 92.9. The summed E-state index contributed by atoms with van der Waals surface area (Å²) in [6.45, 7) is 3.46. The number of hydrogen-bond donors (Lipinski definition) is 2. The van der Waals surface area contributed by atoms with Crippen LogP contribution >= 0.6 is 0 Å². The second kappa shape index (κ2) is 12.9. The molecule has 3 N–H and O–H groups in total. The third-order valence-electron chi connectivity index (χ3n) is 8.05. The van der Waals surface area contributed by atoms with Crippen LogP contribution in [0.4, 0.5) is 36.8 Å². The fraction of sp³-hybridized carbons (Fsp3) is 0.344. The second-order valence-electron chi connectivity index (χ2n) is 11.1. The van der Waals surface area contributed by atoms with Gasteiger partial charge in [-0.05, 0) is 61.7 Å². The summed E-state index contributed by atoms with van der Waals surface area (Å²) >= 11 is 0. The summed E-state index contributed by atoms with van der Waals surface area (Å²) in [7, 11) is 1.39. The lowest BCUT2D eigenvalue weighted by molar-refractivity contribution is -0.143. The van der Waals surface area contributed by atoms with E-state index in [4.69, 9.17) is 15.2 Å². The highest BCUT2D eigenvalue weighted by Crippen LogP contribution is 2.46. The van der Waals surface area contributed by atoms with Crippen LogP contribution in [0.25, 0.3) is 11.1 Å². The van der Waals surface area contributed by atoms with Gasteiger partial charge in [0.25, 0.3) is 5.56 Å². The molecule has 16 heteroatoms. The van der Waals surface area contributed by atoms with Crippen LogP contribution in [0.3, 0.4) is 0 Å².